The van der Waals surface area contributed by atoms with Crippen molar-refractivity contribution in [3.8, 4) is 0 Å². The molecule has 1 aromatic rings. The molecular weight excluding hydrogens is 223 g/mol. The van der Waals surface area contributed by atoms with Crippen LogP contribution in [-0.4, -0.2) is 36.1 Å². The van der Waals surface area contributed by atoms with Crippen molar-refractivity contribution in [2.24, 2.45) is 0 Å². The van der Waals surface area contributed by atoms with E-state index in [0.29, 0.717) is 19.5 Å². The van der Waals surface area contributed by atoms with E-state index in [1.54, 1.807) is 6.20 Å². The minimum absolute atomic E-state index is 0.107. The summed E-state index contributed by atoms with van der Waals surface area (Å²) >= 11 is 0. The number of hydrogen-bond acceptors (Lipinski definition) is 3. The number of H-pyrrole nitrogens is 1. The molecule has 0 fully saturated rings. The smallest absolute Gasteiger partial charge is 0.372 e. The van der Waals surface area contributed by atoms with Crippen molar-refractivity contribution >= 4 is 0 Å². The maximum absolute atomic E-state index is 11.7. The Morgan fingerprint density at radius 1 is 1.44 bits per heavy atom. The summed E-state index contributed by atoms with van der Waals surface area (Å²) in [5.74, 6) is 0. The van der Waals surface area contributed by atoms with Crippen molar-refractivity contribution in [1.29, 1.82) is 0 Å². The van der Waals surface area contributed by atoms with Crippen LogP contribution in [0.15, 0.2) is 12.3 Å². The van der Waals surface area contributed by atoms with Crippen LogP contribution in [0.1, 0.15) is 12.1 Å². The predicted octanol–water partition coefficient (Wildman–Crippen LogP) is 1.47. The molecule has 0 aliphatic carbocycles. The lowest BCUT2D eigenvalue weighted by Gasteiger charge is -2.07. The van der Waals surface area contributed by atoms with Crippen LogP contribution in [0.4, 0.5) is 13.2 Å². The highest BCUT2D eigenvalue weighted by Crippen LogP contribution is 2.14. The number of rotatable bonds is 7. The summed E-state index contributed by atoms with van der Waals surface area (Å²) in [6.07, 6.45) is -2.04. The van der Waals surface area contributed by atoms with Gasteiger partial charge in [-0.2, -0.15) is 18.3 Å². The Hall–Kier alpha value is -1.08. The maximum atomic E-state index is 11.7. The summed E-state index contributed by atoms with van der Waals surface area (Å²) in [4.78, 5) is 0. The summed E-state index contributed by atoms with van der Waals surface area (Å²) < 4.78 is 39.4. The van der Waals surface area contributed by atoms with Gasteiger partial charge in [0.1, 0.15) is 6.61 Å². The molecule has 0 saturated heterocycles. The zero-order chi connectivity index (χ0) is 11.9. The number of aromatic nitrogens is 2. The number of nitrogens with zero attached hydrogens (tertiary/aromatic N) is 1. The Kier molecular flexibility index (Phi) is 5.27. The second kappa shape index (κ2) is 6.49. The molecule has 92 valence electrons. The quantitative estimate of drug-likeness (QED) is 0.706. The van der Waals surface area contributed by atoms with Gasteiger partial charge >= 0.3 is 6.18 Å². The molecule has 0 radical (unpaired) electrons. The van der Waals surface area contributed by atoms with E-state index >= 15 is 0 Å². The van der Waals surface area contributed by atoms with Crippen molar-refractivity contribution in [2.45, 2.75) is 19.1 Å². The van der Waals surface area contributed by atoms with Gasteiger partial charge in [-0.25, -0.2) is 0 Å². The monoisotopic (exact) mass is 237 g/mol. The predicted molar refractivity (Wildman–Crippen MR) is 51.8 cm³/mol. The first-order valence-electron chi connectivity index (χ1n) is 4.91. The van der Waals surface area contributed by atoms with Gasteiger partial charge in [-0.15, -0.1) is 0 Å². The van der Waals surface area contributed by atoms with E-state index in [2.05, 4.69) is 20.3 Å². The van der Waals surface area contributed by atoms with E-state index in [9.17, 15) is 13.2 Å². The second-order valence-electron chi connectivity index (χ2n) is 3.28. The standard InChI is InChI=1S/C9H14F3N3O/c10-9(11,12)7-16-5-1-3-13-6-8-2-4-14-15-8/h2,4,13H,1,3,5-7H2,(H,14,15). The molecule has 0 saturated carbocycles. The lowest BCUT2D eigenvalue weighted by atomic mass is 10.4. The van der Waals surface area contributed by atoms with Gasteiger partial charge in [0.15, 0.2) is 0 Å². The van der Waals surface area contributed by atoms with Gasteiger partial charge in [0, 0.05) is 25.0 Å². The van der Waals surface area contributed by atoms with Crippen molar-refractivity contribution in [3.63, 3.8) is 0 Å². The molecular formula is C9H14F3N3O. The molecule has 0 unspecified atom stereocenters. The van der Waals surface area contributed by atoms with Crippen LogP contribution in [0, 0.1) is 0 Å². The summed E-state index contributed by atoms with van der Waals surface area (Å²) in [6.45, 7) is 0.166. The summed E-state index contributed by atoms with van der Waals surface area (Å²) in [7, 11) is 0. The normalized spacial score (nSPS) is 11.9. The fourth-order valence-electron chi connectivity index (χ4n) is 1.09. The molecule has 0 spiro atoms. The SMILES string of the molecule is FC(F)(F)COCCCNCc1ccn[nH]1. The van der Waals surface area contributed by atoms with Crippen LogP contribution in [0.25, 0.3) is 0 Å². The number of halogens is 3. The Morgan fingerprint density at radius 2 is 2.25 bits per heavy atom. The number of nitrogens with one attached hydrogen (secondary N) is 2. The van der Waals surface area contributed by atoms with E-state index in [1.165, 1.54) is 0 Å². The molecule has 16 heavy (non-hydrogen) atoms. The number of ether oxygens (including phenoxy) is 1. The van der Waals surface area contributed by atoms with Crippen LogP contribution in [0.3, 0.4) is 0 Å². The van der Waals surface area contributed by atoms with Gasteiger partial charge in [-0.1, -0.05) is 0 Å². The Labute approximate surface area is 91.2 Å². The maximum Gasteiger partial charge on any atom is 0.411 e. The minimum Gasteiger partial charge on any atom is -0.372 e. The van der Waals surface area contributed by atoms with E-state index in [1.807, 2.05) is 6.07 Å². The summed E-state index contributed by atoms with van der Waals surface area (Å²) in [5.41, 5.74) is 0.941. The third-order valence-electron chi connectivity index (χ3n) is 1.78. The topological polar surface area (TPSA) is 49.9 Å². The zero-order valence-electron chi connectivity index (χ0n) is 8.68. The van der Waals surface area contributed by atoms with E-state index in [-0.39, 0.29) is 6.61 Å². The summed E-state index contributed by atoms with van der Waals surface area (Å²) in [6, 6.07) is 1.83. The van der Waals surface area contributed by atoms with Crippen molar-refractivity contribution < 1.29 is 17.9 Å². The van der Waals surface area contributed by atoms with Gasteiger partial charge < -0.3 is 10.1 Å². The van der Waals surface area contributed by atoms with E-state index < -0.39 is 12.8 Å². The molecule has 4 nitrogen and oxygen atoms in total. The molecule has 0 bridgehead atoms. The van der Waals surface area contributed by atoms with Crippen molar-refractivity contribution in [1.82, 2.24) is 15.5 Å². The zero-order valence-corrected chi connectivity index (χ0v) is 8.68. The molecule has 0 aliphatic heterocycles. The molecule has 2 N–H and O–H groups in total. The Balaban J connectivity index is 1.89. The highest BCUT2D eigenvalue weighted by atomic mass is 19.4. The number of alkyl halides is 3. The molecule has 1 aromatic heterocycles. The van der Waals surface area contributed by atoms with Gasteiger partial charge in [-0.3, -0.25) is 5.10 Å². The first-order valence-corrected chi connectivity index (χ1v) is 4.91. The average molecular weight is 237 g/mol. The van der Waals surface area contributed by atoms with Crippen LogP contribution < -0.4 is 5.32 Å². The summed E-state index contributed by atoms with van der Waals surface area (Å²) in [5, 5.41) is 9.58. The van der Waals surface area contributed by atoms with E-state index in [0.717, 1.165) is 5.69 Å². The van der Waals surface area contributed by atoms with Crippen LogP contribution in [-0.2, 0) is 11.3 Å². The van der Waals surface area contributed by atoms with Gasteiger partial charge in [0.25, 0.3) is 0 Å². The lowest BCUT2D eigenvalue weighted by Crippen LogP contribution is -2.20. The highest BCUT2D eigenvalue weighted by Gasteiger charge is 2.27. The third kappa shape index (κ3) is 6.41. The molecule has 0 aliphatic rings. The van der Waals surface area contributed by atoms with Gasteiger partial charge in [0.05, 0.1) is 0 Å². The number of hydrogen-bond donors (Lipinski definition) is 2. The second-order valence-corrected chi connectivity index (χ2v) is 3.28. The molecule has 1 heterocycles. The first kappa shape index (κ1) is 13.0. The number of aromatic amines is 1. The third-order valence-corrected chi connectivity index (χ3v) is 1.78. The largest absolute Gasteiger partial charge is 0.411 e. The Morgan fingerprint density at radius 3 is 2.88 bits per heavy atom. The fourth-order valence-corrected chi connectivity index (χ4v) is 1.09. The molecule has 7 heteroatoms. The van der Waals surface area contributed by atoms with E-state index in [4.69, 9.17) is 0 Å². The minimum atomic E-state index is -4.23. The van der Waals surface area contributed by atoms with Crippen molar-refractivity contribution in [3.05, 3.63) is 18.0 Å². The molecule has 0 amide bonds. The van der Waals surface area contributed by atoms with Crippen LogP contribution in [0.2, 0.25) is 0 Å². The average Bonchev–Trinajstić information content (AvgIpc) is 2.67. The Bertz CT molecular complexity index is 274. The first-order chi connectivity index (χ1) is 7.58. The molecule has 1 rings (SSSR count). The van der Waals surface area contributed by atoms with Gasteiger partial charge in [0.2, 0.25) is 0 Å². The fraction of sp³-hybridized carbons (Fsp3) is 0.667. The van der Waals surface area contributed by atoms with Crippen LogP contribution >= 0.6 is 0 Å². The molecule has 0 atom stereocenters. The van der Waals surface area contributed by atoms with Crippen LogP contribution in [0.5, 0.6) is 0 Å². The highest BCUT2D eigenvalue weighted by molar-refractivity contribution is 4.96. The molecule has 0 aromatic carbocycles. The van der Waals surface area contributed by atoms with Crippen molar-refractivity contribution in [2.75, 3.05) is 19.8 Å². The van der Waals surface area contributed by atoms with Gasteiger partial charge in [-0.05, 0) is 19.0 Å². The lowest BCUT2D eigenvalue weighted by molar-refractivity contribution is -0.173.